The summed E-state index contributed by atoms with van der Waals surface area (Å²) < 4.78 is 1.88. The van der Waals surface area contributed by atoms with E-state index in [0.717, 1.165) is 49.6 Å². The van der Waals surface area contributed by atoms with Crippen molar-refractivity contribution in [2.75, 3.05) is 26.2 Å². The van der Waals surface area contributed by atoms with E-state index in [0.29, 0.717) is 6.54 Å². The minimum atomic E-state index is -0.00608. The van der Waals surface area contributed by atoms with Gasteiger partial charge in [0.05, 0.1) is 11.3 Å². The van der Waals surface area contributed by atoms with E-state index in [1.807, 2.05) is 25.5 Å². The van der Waals surface area contributed by atoms with E-state index in [9.17, 15) is 4.79 Å². The number of hydrogen-bond donors (Lipinski definition) is 1. The molecule has 5 nitrogen and oxygen atoms in total. The highest BCUT2D eigenvalue weighted by atomic mass is 16.1. The van der Waals surface area contributed by atoms with E-state index in [2.05, 4.69) is 28.3 Å². The van der Waals surface area contributed by atoms with Crippen molar-refractivity contribution in [2.24, 2.45) is 0 Å². The van der Waals surface area contributed by atoms with Gasteiger partial charge in [-0.1, -0.05) is 11.6 Å². The standard InChI is InChI=1S/C16H26N4O/c1-5-20-14(4)15(13(3)18-20)16(21)17-8-11-19-9-6-12(2)7-10-19/h6H,5,7-11H2,1-4H3,(H,17,21). The smallest absolute Gasteiger partial charge is 0.255 e. The lowest BCUT2D eigenvalue weighted by molar-refractivity contribution is 0.0947. The van der Waals surface area contributed by atoms with Gasteiger partial charge >= 0.3 is 0 Å². The molecule has 1 aliphatic rings. The van der Waals surface area contributed by atoms with Crippen LogP contribution in [0.15, 0.2) is 11.6 Å². The second-order valence-corrected chi connectivity index (χ2v) is 5.72. The fourth-order valence-electron chi connectivity index (χ4n) is 2.77. The second-order valence-electron chi connectivity index (χ2n) is 5.72. The van der Waals surface area contributed by atoms with Crippen molar-refractivity contribution in [2.45, 2.75) is 40.7 Å². The molecule has 0 saturated carbocycles. The van der Waals surface area contributed by atoms with Crippen LogP contribution in [0.25, 0.3) is 0 Å². The van der Waals surface area contributed by atoms with E-state index in [1.165, 1.54) is 5.57 Å². The highest BCUT2D eigenvalue weighted by molar-refractivity contribution is 5.96. The van der Waals surface area contributed by atoms with Crippen molar-refractivity contribution in [1.29, 1.82) is 0 Å². The van der Waals surface area contributed by atoms with E-state index < -0.39 is 0 Å². The van der Waals surface area contributed by atoms with Gasteiger partial charge in [0.1, 0.15) is 0 Å². The molecule has 2 heterocycles. The summed E-state index contributed by atoms with van der Waals surface area (Å²) in [6, 6.07) is 0. The van der Waals surface area contributed by atoms with E-state index in [-0.39, 0.29) is 5.91 Å². The van der Waals surface area contributed by atoms with Gasteiger partial charge in [0.15, 0.2) is 0 Å². The molecule has 0 bridgehead atoms. The van der Waals surface area contributed by atoms with E-state index >= 15 is 0 Å². The third-order valence-corrected chi connectivity index (χ3v) is 4.14. The molecule has 5 heteroatoms. The van der Waals surface area contributed by atoms with Gasteiger partial charge in [-0.05, 0) is 34.1 Å². The number of carbonyl (C=O) groups excluding carboxylic acids is 1. The quantitative estimate of drug-likeness (QED) is 0.843. The maximum atomic E-state index is 12.3. The predicted molar refractivity (Wildman–Crippen MR) is 84.5 cm³/mol. The molecular formula is C16H26N4O. The molecule has 0 radical (unpaired) electrons. The zero-order valence-corrected chi connectivity index (χ0v) is 13.6. The Kier molecular flexibility index (Phi) is 5.17. The van der Waals surface area contributed by atoms with Crippen LogP contribution < -0.4 is 5.32 Å². The van der Waals surface area contributed by atoms with Crippen molar-refractivity contribution in [3.63, 3.8) is 0 Å². The van der Waals surface area contributed by atoms with Crippen molar-refractivity contribution >= 4 is 5.91 Å². The Labute approximate surface area is 127 Å². The Morgan fingerprint density at radius 2 is 2.14 bits per heavy atom. The Bertz CT molecular complexity index is 545. The van der Waals surface area contributed by atoms with Crippen LogP contribution in [-0.4, -0.2) is 46.8 Å². The van der Waals surface area contributed by atoms with Crippen LogP contribution in [0.2, 0.25) is 0 Å². The minimum absolute atomic E-state index is 0.00608. The average molecular weight is 290 g/mol. The molecule has 0 unspecified atom stereocenters. The van der Waals surface area contributed by atoms with Crippen LogP contribution in [0, 0.1) is 13.8 Å². The van der Waals surface area contributed by atoms with Crippen LogP contribution in [0.4, 0.5) is 0 Å². The minimum Gasteiger partial charge on any atom is -0.351 e. The first-order valence-corrected chi connectivity index (χ1v) is 7.73. The molecule has 1 amide bonds. The number of amides is 1. The summed E-state index contributed by atoms with van der Waals surface area (Å²) in [4.78, 5) is 14.7. The lowest BCUT2D eigenvalue weighted by Gasteiger charge is -2.25. The van der Waals surface area contributed by atoms with Crippen molar-refractivity contribution in [3.8, 4) is 0 Å². The molecule has 0 aromatic carbocycles. The molecular weight excluding hydrogens is 264 g/mol. The summed E-state index contributed by atoms with van der Waals surface area (Å²) in [5.41, 5.74) is 3.95. The molecule has 1 aliphatic heterocycles. The predicted octanol–water partition coefficient (Wildman–Crippen LogP) is 1.90. The molecule has 0 atom stereocenters. The van der Waals surface area contributed by atoms with Crippen molar-refractivity contribution in [1.82, 2.24) is 20.0 Å². The number of hydrogen-bond acceptors (Lipinski definition) is 3. The number of rotatable bonds is 5. The van der Waals surface area contributed by atoms with E-state index in [4.69, 9.17) is 0 Å². The highest BCUT2D eigenvalue weighted by Crippen LogP contribution is 2.13. The Hall–Kier alpha value is -1.62. The van der Waals surface area contributed by atoms with Gasteiger partial charge in [-0.25, -0.2) is 0 Å². The summed E-state index contributed by atoms with van der Waals surface area (Å²) in [5, 5.41) is 7.42. The molecule has 116 valence electrons. The zero-order chi connectivity index (χ0) is 15.4. The number of nitrogens with zero attached hydrogens (tertiary/aromatic N) is 3. The van der Waals surface area contributed by atoms with Crippen LogP contribution >= 0.6 is 0 Å². The number of aryl methyl sites for hydroxylation is 2. The van der Waals surface area contributed by atoms with Crippen molar-refractivity contribution < 1.29 is 4.79 Å². The fourth-order valence-corrected chi connectivity index (χ4v) is 2.77. The molecule has 0 aliphatic carbocycles. The topological polar surface area (TPSA) is 50.2 Å². The lowest BCUT2D eigenvalue weighted by Crippen LogP contribution is -2.37. The van der Waals surface area contributed by atoms with Crippen LogP contribution in [-0.2, 0) is 6.54 Å². The molecule has 2 rings (SSSR count). The first kappa shape index (κ1) is 15.8. The molecule has 1 aromatic heterocycles. The Morgan fingerprint density at radius 1 is 1.38 bits per heavy atom. The first-order valence-electron chi connectivity index (χ1n) is 7.73. The second kappa shape index (κ2) is 6.89. The van der Waals surface area contributed by atoms with Crippen LogP contribution in [0.1, 0.15) is 42.0 Å². The van der Waals surface area contributed by atoms with E-state index in [1.54, 1.807) is 0 Å². The maximum absolute atomic E-state index is 12.3. The molecule has 0 fully saturated rings. The van der Waals surface area contributed by atoms with Gasteiger partial charge in [-0.15, -0.1) is 0 Å². The largest absolute Gasteiger partial charge is 0.351 e. The Morgan fingerprint density at radius 3 is 2.71 bits per heavy atom. The van der Waals surface area contributed by atoms with Gasteiger partial charge < -0.3 is 5.32 Å². The Balaban J connectivity index is 1.86. The molecule has 0 spiro atoms. The fraction of sp³-hybridized carbons (Fsp3) is 0.625. The number of nitrogens with one attached hydrogen (secondary N) is 1. The average Bonchev–Trinajstić information content (AvgIpc) is 2.75. The summed E-state index contributed by atoms with van der Waals surface area (Å²) in [7, 11) is 0. The highest BCUT2D eigenvalue weighted by Gasteiger charge is 2.18. The first-order chi connectivity index (χ1) is 10.0. The third kappa shape index (κ3) is 3.73. The van der Waals surface area contributed by atoms with Gasteiger partial charge in [0.25, 0.3) is 5.91 Å². The molecule has 21 heavy (non-hydrogen) atoms. The van der Waals surface area contributed by atoms with Gasteiger partial charge in [0.2, 0.25) is 0 Å². The maximum Gasteiger partial charge on any atom is 0.255 e. The summed E-state index contributed by atoms with van der Waals surface area (Å²) in [6.07, 6.45) is 3.40. The van der Waals surface area contributed by atoms with Crippen LogP contribution in [0.3, 0.4) is 0 Å². The summed E-state index contributed by atoms with van der Waals surface area (Å²) in [5.74, 6) is -0.00608. The van der Waals surface area contributed by atoms with Crippen molar-refractivity contribution in [3.05, 3.63) is 28.6 Å². The third-order valence-electron chi connectivity index (χ3n) is 4.14. The zero-order valence-electron chi connectivity index (χ0n) is 13.6. The molecule has 0 saturated heterocycles. The number of carbonyl (C=O) groups is 1. The lowest BCUT2D eigenvalue weighted by atomic mass is 10.1. The van der Waals surface area contributed by atoms with Crippen LogP contribution in [0.5, 0.6) is 0 Å². The van der Waals surface area contributed by atoms with Gasteiger partial charge in [0, 0.05) is 38.4 Å². The van der Waals surface area contributed by atoms with Gasteiger partial charge in [-0.2, -0.15) is 5.10 Å². The summed E-state index contributed by atoms with van der Waals surface area (Å²) in [6.45, 7) is 12.5. The molecule has 1 N–H and O–H groups in total. The molecule has 1 aromatic rings. The summed E-state index contributed by atoms with van der Waals surface area (Å²) >= 11 is 0. The SMILES string of the molecule is CCn1nc(C)c(C(=O)NCCN2CC=C(C)CC2)c1C. The normalized spacial score (nSPS) is 15.9. The monoisotopic (exact) mass is 290 g/mol. The number of aromatic nitrogens is 2. The van der Waals surface area contributed by atoms with Gasteiger partial charge in [-0.3, -0.25) is 14.4 Å².